The van der Waals surface area contributed by atoms with Gasteiger partial charge in [-0.25, -0.2) is 8.42 Å². The maximum atomic E-state index is 12.5. The average molecular weight is 346 g/mol. The maximum absolute atomic E-state index is 12.5. The third-order valence-electron chi connectivity index (χ3n) is 3.78. The van der Waals surface area contributed by atoms with Crippen LogP contribution >= 0.6 is 15.9 Å². The topological polar surface area (TPSA) is 74.7 Å². The summed E-state index contributed by atoms with van der Waals surface area (Å²) in [5.74, 6) is -0.847. The lowest BCUT2D eigenvalue weighted by molar-refractivity contribution is -0.141. The van der Waals surface area contributed by atoms with Crippen LogP contribution in [0.5, 0.6) is 0 Å². The summed E-state index contributed by atoms with van der Waals surface area (Å²) in [6, 6.07) is 5.35. The molecule has 102 valence electrons. The van der Waals surface area contributed by atoms with E-state index in [2.05, 4.69) is 15.9 Å². The second-order valence-electron chi connectivity index (χ2n) is 4.97. The molecule has 1 heterocycles. The number of nitrogens with zero attached hydrogens (tertiary/aromatic N) is 1. The van der Waals surface area contributed by atoms with Crippen molar-refractivity contribution in [3.05, 3.63) is 28.7 Å². The van der Waals surface area contributed by atoms with E-state index in [1.165, 1.54) is 12.1 Å². The van der Waals surface area contributed by atoms with Gasteiger partial charge in [0.15, 0.2) is 0 Å². The zero-order chi connectivity index (χ0) is 13.8. The highest BCUT2D eigenvalue weighted by molar-refractivity contribution is 9.10. The SMILES string of the molecule is O=C(O)[C@H]1[C@H]2C[C@H]2CN1S(=O)(=O)c1ccc(Br)cc1. The first-order valence-corrected chi connectivity index (χ1v) is 8.15. The molecule has 7 heteroatoms. The van der Waals surface area contributed by atoms with E-state index in [0.717, 1.165) is 15.2 Å². The van der Waals surface area contributed by atoms with Crippen molar-refractivity contribution in [1.29, 1.82) is 0 Å². The number of carboxylic acid groups (broad SMARTS) is 1. The molecule has 0 bridgehead atoms. The van der Waals surface area contributed by atoms with Gasteiger partial charge in [0.25, 0.3) is 0 Å². The Morgan fingerprint density at radius 1 is 1.32 bits per heavy atom. The van der Waals surface area contributed by atoms with E-state index in [0.29, 0.717) is 6.54 Å². The van der Waals surface area contributed by atoms with Crippen LogP contribution in [-0.4, -0.2) is 36.4 Å². The predicted molar refractivity (Wildman–Crippen MR) is 71.1 cm³/mol. The first-order chi connectivity index (χ1) is 8.91. The molecule has 1 aliphatic carbocycles. The molecule has 1 saturated carbocycles. The Labute approximate surface area is 119 Å². The lowest BCUT2D eigenvalue weighted by atomic mass is 10.2. The summed E-state index contributed by atoms with van der Waals surface area (Å²) in [5.41, 5.74) is 0. The number of rotatable bonds is 3. The van der Waals surface area contributed by atoms with Crippen molar-refractivity contribution in [1.82, 2.24) is 4.31 Å². The summed E-state index contributed by atoms with van der Waals surface area (Å²) in [5, 5.41) is 9.22. The van der Waals surface area contributed by atoms with Crippen LogP contribution in [0, 0.1) is 11.8 Å². The van der Waals surface area contributed by atoms with Crippen LogP contribution in [0.25, 0.3) is 0 Å². The van der Waals surface area contributed by atoms with Crippen LogP contribution in [-0.2, 0) is 14.8 Å². The molecule has 1 aliphatic heterocycles. The fourth-order valence-corrected chi connectivity index (χ4v) is 4.67. The molecule has 1 N–H and O–H groups in total. The highest BCUT2D eigenvalue weighted by Gasteiger charge is 2.59. The van der Waals surface area contributed by atoms with Gasteiger partial charge >= 0.3 is 5.97 Å². The monoisotopic (exact) mass is 345 g/mol. The number of hydrogen-bond acceptors (Lipinski definition) is 3. The van der Waals surface area contributed by atoms with Gasteiger partial charge in [-0.15, -0.1) is 0 Å². The van der Waals surface area contributed by atoms with E-state index < -0.39 is 22.0 Å². The van der Waals surface area contributed by atoms with Crippen molar-refractivity contribution in [3.8, 4) is 0 Å². The van der Waals surface area contributed by atoms with Gasteiger partial charge in [0.05, 0.1) is 4.90 Å². The Bertz CT molecular complexity index is 628. The zero-order valence-electron chi connectivity index (χ0n) is 9.86. The summed E-state index contributed by atoms with van der Waals surface area (Å²) in [6.45, 7) is 0.319. The molecule has 0 unspecified atom stereocenters. The van der Waals surface area contributed by atoms with E-state index in [4.69, 9.17) is 0 Å². The Morgan fingerprint density at radius 3 is 2.53 bits per heavy atom. The number of benzene rings is 1. The molecule has 0 amide bonds. The van der Waals surface area contributed by atoms with Crippen molar-refractivity contribution in [2.45, 2.75) is 17.4 Å². The van der Waals surface area contributed by atoms with Crippen LogP contribution in [0.15, 0.2) is 33.6 Å². The molecule has 3 atom stereocenters. The number of sulfonamides is 1. The number of carbonyl (C=O) groups is 1. The first-order valence-electron chi connectivity index (χ1n) is 5.91. The molecule has 5 nitrogen and oxygen atoms in total. The fraction of sp³-hybridized carbons (Fsp3) is 0.417. The van der Waals surface area contributed by atoms with E-state index in [-0.39, 0.29) is 16.7 Å². The van der Waals surface area contributed by atoms with Gasteiger partial charge in [-0.1, -0.05) is 15.9 Å². The Balaban J connectivity index is 1.96. The largest absolute Gasteiger partial charge is 0.480 e. The van der Waals surface area contributed by atoms with Gasteiger partial charge in [-0.05, 0) is 42.5 Å². The Hall–Kier alpha value is -0.920. The summed E-state index contributed by atoms with van der Waals surface area (Å²) in [4.78, 5) is 11.4. The summed E-state index contributed by atoms with van der Waals surface area (Å²) < 4.78 is 26.9. The van der Waals surface area contributed by atoms with Gasteiger partial charge in [0, 0.05) is 11.0 Å². The van der Waals surface area contributed by atoms with Crippen LogP contribution in [0.3, 0.4) is 0 Å². The fourth-order valence-electron chi connectivity index (χ4n) is 2.72. The van der Waals surface area contributed by atoms with E-state index >= 15 is 0 Å². The highest BCUT2D eigenvalue weighted by atomic mass is 79.9. The second kappa shape index (κ2) is 4.29. The Morgan fingerprint density at radius 2 is 1.95 bits per heavy atom. The number of fused-ring (bicyclic) bond motifs is 1. The standard InChI is InChI=1S/C12H12BrNO4S/c13-8-1-3-9(4-2-8)19(17,18)14-6-7-5-10(7)11(14)12(15)16/h1-4,7,10-11H,5-6H2,(H,15,16)/t7-,10-,11+/m0/s1. The minimum absolute atomic E-state index is 0.0114. The van der Waals surface area contributed by atoms with Crippen molar-refractivity contribution in [2.75, 3.05) is 6.54 Å². The molecular formula is C12H12BrNO4S. The number of piperidine rings is 1. The van der Waals surface area contributed by atoms with E-state index in [9.17, 15) is 18.3 Å². The molecule has 2 fully saturated rings. The number of hydrogen-bond donors (Lipinski definition) is 1. The molecule has 1 saturated heterocycles. The molecule has 1 aromatic carbocycles. The van der Waals surface area contributed by atoms with Crippen molar-refractivity contribution in [3.63, 3.8) is 0 Å². The van der Waals surface area contributed by atoms with Crippen LogP contribution in [0.4, 0.5) is 0 Å². The average Bonchev–Trinajstić information content (AvgIpc) is 2.99. The van der Waals surface area contributed by atoms with Gasteiger partial charge < -0.3 is 5.11 Å². The van der Waals surface area contributed by atoms with Gasteiger partial charge in [0.1, 0.15) is 6.04 Å². The molecule has 3 rings (SSSR count). The third kappa shape index (κ3) is 2.09. The molecule has 1 aromatic rings. The number of carboxylic acids is 1. The van der Waals surface area contributed by atoms with Crippen molar-refractivity contribution >= 4 is 31.9 Å². The third-order valence-corrected chi connectivity index (χ3v) is 6.17. The van der Waals surface area contributed by atoms with E-state index in [1.807, 2.05) is 0 Å². The van der Waals surface area contributed by atoms with Gasteiger partial charge in [0.2, 0.25) is 10.0 Å². The predicted octanol–water partition coefficient (Wildman–Crippen LogP) is 1.54. The minimum Gasteiger partial charge on any atom is -0.480 e. The summed E-state index contributed by atoms with van der Waals surface area (Å²) in [6.07, 6.45) is 0.823. The second-order valence-corrected chi connectivity index (χ2v) is 7.78. The smallest absolute Gasteiger partial charge is 0.322 e. The van der Waals surface area contributed by atoms with Crippen LogP contribution in [0.1, 0.15) is 6.42 Å². The molecule has 19 heavy (non-hydrogen) atoms. The van der Waals surface area contributed by atoms with Gasteiger partial charge in [-0.3, -0.25) is 4.79 Å². The van der Waals surface area contributed by atoms with E-state index in [1.54, 1.807) is 12.1 Å². The van der Waals surface area contributed by atoms with Crippen molar-refractivity contribution < 1.29 is 18.3 Å². The molecule has 0 aromatic heterocycles. The molecular weight excluding hydrogens is 334 g/mol. The molecule has 0 radical (unpaired) electrons. The molecule has 0 spiro atoms. The first kappa shape index (κ1) is 13.1. The minimum atomic E-state index is -3.72. The lowest BCUT2D eigenvalue weighted by Crippen LogP contribution is -2.43. The van der Waals surface area contributed by atoms with Gasteiger partial charge in [-0.2, -0.15) is 4.31 Å². The zero-order valence-corrected chi connectivity index (χ0v) is 12.3. The lowest BCUT2D eigenvalue weighted by Gasteiger charge is -2.23. The highest BCUT2D eigenvalue weighted by Crippen LogP contribution is 2.51. The Kier molecular flexibility index (Phi) is 2.95. The summed E-state index contributed by atoms with van der Waals surface area (Å²) in [7, 11) is -3.72. The van der Waals surface area contributed by atoms with Crippen LogP contribution < -0.4 is 0 Å². The quantitative estimate of drug-likeness (QED) is 0.901. The maximum Gasteiger partial charge on any atom is 0.322 e. The number of halogens is 1. The normalized spacial score (nSPS) is 30.1. The summed E-state index contributed by atoms with van der Waals surface area (Å²) >= 11 is 3.24. The number of aliphatic carboxylic acids is 1. The van der Waals surface area contributed by atoms with Crippen LogP contribution in [0.2, 0.25) is 0 Å². The van der Waals surface area contributed by atoms with Crippen molar-refractivity contribution in [2.24, 2.45) is 11.8 Å². The molecule has 2 aliphatic rings.